The Bertz CT molecular complexity index is 3820. The quantitative estimate of drug-likeness (QED) is 0.139. The Hall–Kier alpha value is -8.22. The fourth-order valence-electron chi connectivity index (χ4n) is 10.7. The highest BCUT2D eigenvalue weighted by Gasteiger charge is 2.50. The van der Waals surface area contributed by atoms with Gasteiger partial charge in [0, 0.05) is 52.6 Å². The lowest BCUT2D eigenvalue weighted by molar-refractivity contribution is 0.627. The lowest BCUT2D eigenvalue weighted by Gasteiger charge is -2.34. The minimum Gasteiger partial charge on any atom is -0.310 e. The third-order valence-corrected chi connectivity index (χ3v) is 16.3. The van der Waals surface area contributed by atoms with Crippen molar-refractivity contribution in [1.82, 2.24) is 0 Å². The van der Waals surface area contributed by atoms with Gasteiger partial charge in [-0.3, -0.25) is 0 Å². The van der Waals surface area contributed by atoms with Crippen LogP contribution in [0.2, 0.25) is 0 Å². The highest BCUT2D eigenvalue weighted by Crippen LogP contribution is 2.64. The van der Waals surface area contributed by atoms with Crippen LogP contribution in [0.4, 0.5) is 25.8 Å². The van der Waals surface area contributed by atoms with Gasteiger partial charge >= 0.3 is 0 Å². The molecule has 1 aliphatic carbocycles. The molecule has 70 heavy (non-hydrogen) atoms. The number of halogens is 2. The molecule has 0 N–H and O–H groups in total. The van der Waals surface area contributed by atoms with Crippen molar-refractivity contribution in [3.8, 4) is 54.3 Å². The molecule has 332 valence electrons. The second kappa shape index (κ2) is 17.1. The smallest absolute Gasteiger partial charge is 0.123 e. The summed E-state index contributed by atoms with van der Waals surface area (Å²) in [4.78, 5) is 4.51. The van der Waals surface area contributed by atoms with Crippen LogP contribution in [0.5, 0.6) is 0 Å². The molecule has 0 bridgehead atoms. The molecular formula is C65H41F2NS2. The van der Waals surface area contributed by atoms with Crippen LogP contribution in [0.3, 0.4) is 0 Å². The molecule has 0 saturated heterocycles. The van der Waals surface area contributed by atoms with Crippen LogP contribution in [-0.4, -0.2) is 0 Å². The van der Waals surface area contributed by atoms with Gasteiger partial charge in [0.15, 0.2) is 0 Å². The predicted octanol–water partition coefficient (Wildman–Crippen LogP) is 18.9. The standard InChI is InChI=1S/C65H41F2NS2/c66-50-29-20-45(21-30-50)61-62-64(70-63(61)46-22-31-51(67)32-23-46)57-40-47(28-39-58(57)65(62,48-14-6-2-7-15-48)49-16-8-3-9-17-49)44-26-35-53(36-27-44)68(52-33-24-43(25-34-52)42-12-4-1-5-13-42)54-37-38-56-55-18-10-11-19-59(55)69-60(56)41-54/h1-41H. The summed E-state index contributed by atoms with van der Waals surface area (Å²) in [5, 5.41) is 2.55. The van der Waals surface area contributed by atoms with Gasteiger partial charge in [-0.1, -0.05) is 176 Å². The first kappa shape index (κ1) is 41.9. The molecule has 0 unspecified atom stereocenters. The minimum absolute atomic E-state index is 0.290. The summed E-state index contributed by atoms with van der Waals surface area (Å²) >= 11 is 3.56. The van der Waals surface area contributed by atoms with Gasteiger partial charge < -0.3 is 4.90 Å². The molecule has 1 nitrogen and oxygen atoms in total. The molecule has 0 aliphatic heterocycles. The average Bonchev–Trinajstić information content (AvgIpc) is 4.08. The van der Waals surface area contributed by atoms with Crippen LogP contribution >= 0.6 is 22.7 Å². The highest BCUT2D eigenvalue weighted by molar-refractivity contribution is 7.25. The van der Waals surface area contributed by atoms with Gasteiger partial charge in [-0.05, 0) is 134 Å². The molecule has 0 amide bonds. The molecule has 5 heteroatoms. The number of rotatable bonds is 9. The first-order valence-electron chi connectivity index (χ1n) is 23.4. The predicted molar refractivity (Wildman–Crippen MR) is 291 cm³/mol. The number of hydrogen-bond donors (Lipinski definition) is 0. The van der Waals surface area contributed by atoms with E-state index in [1.54, 1.807) is 11.3 Å². The van der Waals surface area contributed by atoms with Crippen molar-refractivity contribution in [3.05, 3.63) is 283 Å². The Morgan fingerprint density at radius 2 is 0.829 bits per heavy atom. The summed E-state index contributed by atoms with van der Waals surface area (Å²) in [6.45, 7) is 0. The Balaban J connectivity index is 0.979. The van der Waals surface area contributed by atoms with Gasteiger partial charge in [-0.25, -0.2) is 8.78 Å². The van der Waals surface area contributed by atoms with E-state index in [2.05, 4.69) is 205 Å². The van der Waals surface area contributed by atoms with Crippen molar-refractivity contribution in [2.45, 2.75) is 5.41 Å². The van der Waals surface area contributed by atoms with Crippen molar-refractivity contribution in [3.63, 3.8) is 0 Å². The Morgan fingerprint density at radius 3 is 1.46 bits per heavy atom. The van der Waals surface area contributed by atoms with Gasteiger partial charge in [0.05, 0.1) is 5.41 Å². The molecule has 2 aromatic heterocycles. The fraction of sp³-hybridized carbons (Fsp3) is 0.0154. The Kier molecular flexibility index (Phi) is 10.2. The second-order valence-corrected chi connectivity index (χ2v) is 19.9. The van der Waals surface area contributed by atoms with Crippen molar-refractivity contribution in [2.24, 2.45) is 0 Å². The lowest BCUT2D eigenvalue weighted by atomic mass is 9.66. The van der Waals surface area contributed by atoms with Crippen molar-refractivity contribution < 1.29 is 8.78 Å². The topological polar surface area (TPSA) is 3.24 Å². The van der Waals surface area contributed by atoms with E-state index in [0.717, 1.165) is 76.9 Å². The van der Waals surface area contributed by atoms with E-state index in [4.69, 9.17) is 0 Å². The van der Waals surface area contributed by atoms with Crippen LogP contribution < -0.4 is 4.90 Å². The van der Waals surface area contributed by atoms with E-state index >= 15 is 0 Å². The zero-order chi connectivity index (χ0) is 46.8. The minimum atomic E-state index is -0.722. The summed E-state index contributed by atoms with van der Waals surface area (Å²) in [6.07, 6.45) is 0. The second-order valence-electron chi connectivity index (χ2n) is 17.8. The molecule has 1 aliphatic rings. The summed E-state index contributed by atoms with van der Waals surface area (Å²) < 4.78 is 31.8. The van der Waals surface area contributed by atoms with E-state index in [-0.39, 0.29) is 11.6 Å². The molecule has 10 aromatic carbocycles. The molecular weight excluding hydrogens is 897 g/mol. The van der Waals surface area contributed by atoms with Crippen molar-refractivity contribution in [2.75, 3.05) is 4.90 Å². The maximum absolute atomic E-state index is 14.7. The van der Waals surface area contributed by atoms with Crippen LogP contribution in [0, 0.1) is 11.6 Å². The molecule has 13 rings (SSSR count). The molecule has 0 spiro atoms. The number of thiophene rings is 2. The molecule has 0 saturated carbocycles. The summed E-state index contributed by atoms with van der Waals surface area (Å²) in [7, 11) is 0. The van der Waals surface area contributed by atoms with E-state index < -0.39 is 5.41 Å². The van der Waals surface area contributed by atoms with Crippen LogP contribution in [0.1, 0.15) is 22.3 Å². The number of nitrogens with zero attached hydrogens (tertiary/aromatic N) is 1. The summed E-state index contributed by atoms with van der Waals surface area (Å²) in [5.74, 6) is -0.585. The first-order valence-corrected chi connectivity index (χ1v) is 25.1. The van der Waals surface area contributed by atoms with E-state index in [0.29, 0.717) is 0 Å². The first-order chi connectivity index (χ1) is 34.5. The van der Waals surface area contributed by atoms with E-state index in [1.165, 1.54) is 61.1 Å². The molecule has 0 fully saturated rings. The maximum atomic E-state index is 14.7. The maximum Gasteiger partial charge on any atom is 0.123 e. The van der Waals surface area contributed by atoms with Gasteiger partial charge in [0.2, 0.25) is 0 Å². The highest BCUT2D eigenvalue weighted by atomic mass is 32.1. The van der Waals surface area contributed by atoms with Crippen LogP contribution in [-0.2, 0) is 5.41 Å². The number of hydrogen-bond acceptors (Lipinski definition) is 3. The largest absolute Gasteiger partial charge is 0.310 e. The normalized spacial score (nSPS) is 12.5. The van der Waals surface area contributed by atoms with Crippen molar-refractivity contribution >= 4 is 59.9 Å². The van der Waals surface area contributed by atoms with Gasteiger partial charge in [-0.15, -0.1) is 22.7 Å². The SMILES string of the molecule is Fc1ccc(-c2sc3c(c2-c2ccc(F)cc2)C(c2ccccc2)(c2ccccc2)c2ccc(-c4ccc(N(c5ccc(-c6ccccc6)cc5)c5ccc6c(c5)sc5ccccc56)cc4)cc2-3)cc1. The Morgan fingerprint density at radius 1 is 0.343 bits per heavy atom. The van der Waals surface area contributed by atoms with Crippen LogP contribution in [0.25, 0.3) is 74.4 Å². The van der Waals surface area contributed by atoms with Gasteiger partial charge in [-0.2, -0.15) is 0 Å². The number of fused-ring (bicyclic) bond motifs is 6. The molecule has 0 atom stereocenters. The van der Waals surface area contributed by atoms with Gasteiger partial charge in [0.1, 0.15) is 11.6 Å². The van der Waals surface area contributed by atoms with Crippen LogP contribution in [0.15, 0.2) is 249 Å². The third-order valence-electron chi connectivity index (χ3n) is 13.9. The molecule has 0 radical (unpaired) electrons. The van der Waals surface area contributed by atoms with E-state index in [9.17, 15) is 8.78 Å². The summed E-state index contributed by atoms with van der Waals surface area (Å²) in [5.41, 5.74) is 15.6. The van der Waals surface area contributed by atoms with E-state index in [1.807, 2.05) is 35.6 Å². The number of benzene rings is 10. The average molecular weight is 938 g/mol. The monoisotopic (exact) mass is 937 g/mol. The molecule has 2 heterocycles. The fourth-order valence-corrected chi connectivity index (χ4v) is 13.3. The molecule has 12 aromatic rings. The van der Waals surface area contributed by atoms with Crippen molar-refractivity contribution in [1.29, 1.82) is 0 Å². The lowest BCUT2D eigenvalue weighted by Crippen LogP contribution is -2.29. The zero-order valence-electron chi connectivity index (χ0n) is 37.7. The third kappa shape index (κ3) is 6.92. The summed E-state index contributed by atoms with van der Waals surface area (Å²) in [6, 6.07) is 85.8. The Labute approximate surface area is 413 Å². The zero-order valence-corrected chi connectivity index (χ0v) is 39.3. The number of anilines is 3. The van der Waals surface area contributed by atoms with Gasteiger partial charge in [0.25, 0.3) is 0 Å².